The zero-order chi connectivity index (χ0) is 50.0. The highest BCUT2D eigenvalue weighted by atomic mass is 35.5. The summed E-state index contributed by atoms with van der Waals surface area (Å²) < 4.78 is 10.9. The molecule has 0 radical (unpaired) electrons. The van der Waals surface area contributed by atoms with Gasteiger partial charge in [0.1, 0.15) is 22.2 Å². The Labute approximate surface area is 428 Å². The average Bonchev–Trinajstić information content (AvgIpc) is 3.76. The molecule has 16 nitrogen and oxygen atoms in total. The predicted octanol–water partition coefficient (Wildman–Crippen LogP) is 10.2. The fraction of sp³-hybridized carbons (Fsp3) is 0.529. The van der Waals surface area contributed by atoms with Gasteiger partial charge < -0.3 is 29.5 Å². The summed E-state index contributed by atoms with van der Waals surface area (Å²) in [5, 5.41) is 22.2. The van der Waals surface area contributed by atoms with Gasteiger partial charge in [0.25, 0.3) is 0 Å². The molecule has 2 aromatic heterocycles. The number of amides is 2. The Bertz CT molecular complexity index is 2480. The first-order chi connectivity index (χ1) is 32.7. The van der Waals surface area contributed by atoms with E-state index < -0.39 is 11.2 Å². The second-order valence-corrected chi connectivity index (χ2v) is 20.5. The number of rotatable bonds is 7. The molecule has 4 aliphatic heterocycles. The highest BCUT2D eigenvalue weighted by Gasteiger charge is 2.39. The van der Waals surface area contributed by atoms with E-state index in [1.54, 1.807) is 9.80 Å². The Kier molecular flexibility index (Phi) is 19.6. The van der Waals surface area contributed by atoms with Gasteiger partial charge in [-0.15, -0.1) is 0 Å². The zero-order valence-corrected chi connectivity index (χ0v) is 43.0. The van der Waals surface area contributed by atoms with Crippen molar-refractivity contribution in [3.63, 3.8) is 0 Å². The van der Waals surface area contributed by atoms with Gasteiger partial charge in [0, 0.05) is 88.7 Å². The lowest BCUT2D eigenvalue weighted by atomic mass is 10.1. The molecule has 0 bridgehead atoms. The molecule has 4 aliphatic rings. The summed E-state index contributed by atoms with van der Waals surface area (Å²) in [6, 6.07) is 25.0. The largest absolute Gasteiger partial charge is 0.444 e. The standard InChI is InChI=1S/C25H31ClN6O2.C14H13Cl2N3.C11H19N3O2.CH4/c1-17-21-20(16-31(17)14-18-8-6-5-7-9-18)28-23(26)29-22(21)30-12-13-32(19(15-30)10-11-27)24(33)34-25(2,3)4;1-9-12-11(17-14(16)18-13(12)15)8-19(9)7-10-5-3-2-4-6-10;1-11(2,3)16-10(15)14-7-6-13-8-9(14)4-5-12;/h5-9,17,19H,10,12-16H2,1-4H3;2-6,9H,7-8H2,1H3;9,13H,4,6-8H2,1-3H3;1H4/t17?,19-;;9-;/m0.0./s1. The molecule has 0 saturated carbocycles. The van der Waals surface area contributed by atoms with Crippen molar-refractivity contribution in [2.45, 2.75) is 137 Å². The number of ether oxygens (including phenoxy) is 2. The lowest BCUT2D eigenvalue weighted by Crippen LogP contribution is -2.56. The maximum absolute atomic E-state index is 12.8. The lowest BCUT2D eigenvalue weighted by Gasteiger charge is -2.42. The summed E-state index contributed by atoms with van der Waals surface area (Å²) in [6.45, 7) is 22.0. The second kappa shape index (κ2) is 24.7. The Balaban J connectivity index is 0.000000214. The topological polar surface area (TPSA) is 180 Å². The Hall–Kier alpha value is -5.33. The Morgan fingerprint density at radius 1 is 0.686 bits per heavy atom. The van der Waals surface area contributed by atoms with E-state index in [9.17, 15) is 14.9 Å². The van der Waals surface area contributed by atoms with Crippen LogP contribution in [-0.4, -0.2) is 114 Å². The molecule has 4 atom stereocenters. The fourth-order valence-corrected chi connectivity index (χ4v) is 9.56. The van der Waals surface area contributed by atoms with Crippen molar-refractivity contribution in [2.75, 3.05) is 44.2 Å². The van der Waals surface area contributed by atoms with Gasteiger partial charge in [0.15, 0.2) is 0 Å². The molecule has 376 valence electrons. The maximum Gasteiger partial charge on any atom is 0.410 e. The van der Waals surface area contributed by atoms with E-state index in [0.717, 1.165) is 54.5 Å². The van der Waals surface area contributed by atoms with Gasteiger partial charge >= 0.3 is 12.2 Å². The highest BCUT2D eigenvalue weighted by molar-refractivity contribution is 6.32. The first-order valence-corrected chi connectivity index (χ1v) is 24.4. The minimum Gasteiger partial charge on any atom is -0.444 e. The predicted molar refractivity (Wildman–Crippen MR) is 273 cm³/mol. The third kappa shape index (κ3) is 14.9. The van der Waals surface area contributed by atoms with Crippen LogP contribution in [0.5, 0.6) is 0 Å². The third-order valence-electron chi connectivity index (χ3n) is 12.1. The summed E-state index contributed by atoms with van der Waals surface area (Å²) >= 11 is 18.4. The smallest absolute Gasteiger partial charge is 0.410 e. The zero-order valence-electron chi connectivity index (χ0n) is 40.8. The van der Waals surface area contributed by atoms with Gasteiger partial charge in [0.05, 0.1) is 48.5 Å². The van der Waals surface area contributed by atoms with Crippen molar-refractivity contribution in [1.82, 2.24) is 44.9 Å². The molecule has 2 amide bonds. The van der Waals surface area contributed by atoms with Crippen molar-refractivity contribution < 1.29 is 19.1 Å². The molecule has 1 N–H and O–H groups in total. The van der Waals surface area contributed by atoms with Crippen LogP contribution in [0.1, 0.15) is 121 Å². The number of fused-ring (bicyclic) bond motifs is 2. The summed E-state index contributed by atoms with van der Waals surface area (Å²) in [4.78, 5) is 52.2. The number of nitrogens with one attached hydrogen (secondary N) is 1. The first kappa shape index (κ1) is 55.6. The van der Waals surface area contributed by atoms with Crippen LogP contribution in [0.15, 0.2) is 60.7 Å². The summed E-state index contributed by atoms with van der Waals surface area (Å²) in [6.07, 6.45) is -0.159. The van der Waals surface area contributed by atoms with Crippen LogP contribution in [0.2, 0.25) is 15.7 Å². The quantitative estimate of drug-likeness (QED) is 0.136. The van der Waals surface area contributed by atoms with Gasteiger partial charge in [-0.1, -0.05) is 79.7 Å². The molecular formula is C51H67Cl3N12O4. The number of aromatic nitrogens is 4. The molecule has 0 spiro atoms. The van der Waals surface area contributed by atoms with Crippen LogP contribution in [-0.2, 0) is 35.7 Å². The number of piperazine rings is 2. The van der Waals surface area contributed by atoms with Crippen LogP contribution in [0.4, 0.5) is 15.4 Å². The van der Waals surface area contributed by atoms with Crippen LogP contribution in [0, 0.1) is 22.7 Å². The van der Waals surface area contributed by atoms with Gasteiger partial charge in [-0.3, -0.25) is 9.80 Å². The van der Waals surface area contributed by atoms with Crippen LogP contribution >= 0.6 is 34.8 Å². The van der Waals surface area contributed by atoms with Crippen LogP contribution in [0.25, 0.3) is 0 Å². The maximum atomic E-state index is 12.8. The Morgan fingerprint density at radius 3 is 1.67 bits per heavy atom. The average molecular weight is 1020 g/mol. The van der Waals surface area contributed by atoms with Gasteiger partial charge in [0.2, 0.25) is 10.6 Å². The second-order valence-electron chi connectivity index (χ2n) is 19.5. The van der Waals surface area contributed by atoms with Crippen molar-refractivity contribution in [2.24, 2.45) is 0 Å². The van der Waals surface area contributed by atoms with Crippen LogP contribution in [0.3, 0.4) is 0 Å². The molecule has 4 aromatic rings. The number of carbonyl (C=O) groups excluding carboxylic acids is 2. The fourth-order valence-electron chi connectivity index (χ4n) is 8.80. The molecule has 70 heavy (non-hydrogen) atoms. The number of nitrogens with zero attached hydrogens (tertiary/aromatic N) is 11. The third-order valence-corrected chi connectivity index (χ3v) is 12.7. The van der Waals surface area contributed by atoms with E-state index in [1.807, 2.05) is 77.9 Å². The summed E-state index contributed by atoms with van der Waals surface area (Å²) in [7, 11) is 0. The molecule has 2 fully saturated rings. The highest BCUT2D eigenvalue weighted by Crippen LogP contribution is 2.41. The van der Waals surface area contributed by atoms with Crippen molar-refractivity contribution in [1.29, 1.82) is 10.5 Å². The molecule has 6 heterocycles. The molecule has 2 unspecified atom stereocenters. The minimum absolute atomic E-state index is 0. The monoisotopic (exact) mass is 1020 g/mol. The number of hydrogen-bond donors (Lipinski definition) is 1. The van der Waals surface area contributed by atoms with E-state index in [2.05, 4.69) is 90.2 Å². The van der Waals surface area contributed by atoms with Gasteiger partial charge in [-0.2, -0.15) is 10.5 Å². The van der Waals surface area contributed by atoms with Crippen LogP contribution < -0.4 is 10.2 Å². The number of carbonyl (C=O) groups is 2. The Morgan fingerprint density at radius 2 is 1.16 bits per heavy atom. The number of anilines is 1. The normalized spacial score (nSPS) is 20.0. The number of nitriles is 2. The van der Waals surface area contributed by atoms with Gasteiger partial charge in [-0.25, -0.2) is 29.5 Å². The van der Waals surface area contributed by atoms with Crippen molar-refractivity contribution >= 4 is 52.8 Å². The van der Waals surface area contributed by atoms with E-state index >= 15 is 0 Å². The molecule has 19 heteroatoms. The molecule has 0 aliphatic carbocycles. The molecule has 2 aromatic carbocycles. The van der Waals surface area contributed by atoms with E-state index in [0.29, 0.717) is 50.8 Å². The molecule has 8 rings (SSSR count). The van der Waals surface area contributed by atoms with Gasteiger partial charge in [-0.05, 0) is 89.7 Å². The SMILES string of the molecule is C.CC(C)(C)OC(=O)N1CCNC[C@@H]1CC#N.CC1c2c(Cl)nc(Cl)nc2CN1Cc1ccccc1.CC1c2c(nc(Cl)nc2N2CCN(C(=O)OC(C)(C)C)[C@@H](CC#N)C2)CN1Cc1ccccc1. The van der Waals surface area contributed by atoms with E-state index in [4.69, 9.17) is 49.5 Å². The minimum atomic E-state index is -0.593. The number of halogens is 3. The first-order valence-electron chi connectivity index (χ1n) is 23.3. The lowest BCUT2D eigenvalue weighted by molar-refractivity contribution is 0.0121. The van der Waals surface area contributed by atoms with E-state index in [1.165, 1.54) is 11.1 Å². The van der Waals surface area contributed by atoms with E-state index in [-0.39, 0.29) is 60.8 Å². The summed E-state index contributed by atoms with van der Waals surface area (Å²) in [5.41, 5.74) is 5.38. The summed E-state index contributed by atoms with van der Waals surface area (Å²) in [5.74, 6) is 0.796. The number of benzene rings is 2. The van der Waals surface area contributed by atoms with Crippen molar-refractivity contribution in [3.05, 3.63) is 110 Å². The number of hydrogen-bond acceptors (Lipinski definition) is 14. The van der Waals surface area contributed by atoms with Crippen molar-refractivity contribution in [3.8, 4) is 12.1 Å². The molecular weight excluding hydrogens is 951 g/mol. The molecule has 2 saturated heterocycles.